The zero-order valence-corrected chi connectivity index (χ0v) is 14.2. The third-order valence-corrected chi connectivity index (χ3v) is 4.31. The van der Waals surface area contributed by atoms with Crippen LogP contribution in [0, 0.1) is 0 Å². The molecule has 120 valence electrons. The van der Waals surface area contributed by atoms with Crippen molar-refractivity contribution in [2.24, 2.45) is 0 Å². The van der Waals surface area contributed by atoms with Gasteiger partial charge in [-0.05, 0) is 29.8 Å². The molecule has 4 rings (SSSR count). The Hall–Kier alpha value is -2.97. The SMILES string of the molecule is Clc1ccccc1-c1nc(/C=C/c2ccccc2)c2ccccc2n1. The molecule has 0 atom stereocenters. The average molecular weight is 343 g/mol. The van der Waals surface area contributed by atoms with Gasteiger partial charge in [0.25, 0.3) is 0 Å². The van der Waals surface area contributed by atoms with Crippen LogP contribution in [0.5, 0.6) is 0 Å². The minimum Gasteiger partial charge on any atom is -0.228 e. The van der Waals surface area contributed by atoms with Crippen LogP contribution >= 0.6 is 11.6 Å². The summed E-state index contributed by atoms with van der Waals surface area (Å²) in [7, 11) is 0. The lowest BCUT2D eigenvalue weighted by Crippen LogP contribution is -1.95. The lowest BCUT2D eigenvalue weighted by Gasteiger charge is -2.07. The van der Waals surface area contributed by atoms with E-state index in [-0.39, 0.29) is 0 Å². The van der Waals surface area contributed by atoms with Gasteiger partial charge in [0, 0.05) is 10.9 Å². The first-order chi connectivity index (χ1) is 12.3. The molecule has 0 aliphatic rings. The molecular formula is C22H15ClN2. The summed E-state index contributed by atoms with van der Waals surface area (Å²) in [5, 5.41) is 1.67. The minimum absolute atomic E-state index is 0.636. The molecule has 0 saturated carbocycles. The van der Waals surface area contributed by atoms with Crippen molar-refractivity contribution in [2.75, 3.05) is 0 Å². The smallest absolute Gasteiger partial charge is 0.161 e. The predicted octanol–water partition coefficient (Wildman–Crippen LogP) is 6.12. The fraction of sp³-hybridized carbons (Fsp3) is 0. The molecule has 3 aromatic carbocycles. The predicted molar refractivity (Wildman–Crippen MR) is 105 cm³/mol. The van der Waals surface area contributed by atoms with Gasteiger partial charge in [0.2, 0.25) is 0 Å². The number of hydrogen-bond donors (Lipinski definition) is 0. The van der Waals surface area contributed by atoms with E-state index in [1.165, 1.54) is 0 Å². The molecule has 0 N–H and O–H groups in total. The Labute approximate surface area is 151 Å². The first-order valence-electron chi connectivity index (χ1n) is 8.06. The van der Waals surface area contributed by atoms with E-state index < -0.39 is 0 Å². The van der Waals surface area contributed by atoms with Crippen molar-refractivity contribution in [1.29, 1.82) is 0 Å². The number of para-hydroxylation sites is 1. The summed E-state index contributed by atoms with van der Waals surface area (Å²) in [4.78, 5) is 9.46. The average Bonchev–Trinajstić information content (AvgIpc) is 2.67. The topological polar surface area (TPSA) is 25.8 Å². The molecule has 0 radical (unpaired) electrons. The second kappa shape index (κ2) is 6.88. The maximum atomic E-state index is 6.34. The van der Waals surface area contributed by atoms with Gasteiger partial charge in [0.05, 0.1) is 16.2 Å². The molecule has 0 unspecified atom stereocenters. The largest absolute Gasteiger partial charge is 0.228 e. The van der Waals surface area contributed by atoms with E-state index in [4.69, 9.17) is 21.6 Å². The Morgan fingerprint density at radius 1 is 0.680 bits per heavy atom. The number of halogens is 1. The number of fused-ring (bicyclic) bond motifs is 1. The van der Waals surface area contributed by atoms with Crippen LogP contribution in [0.2, 0.25) is 5.02 Å². The zero-order valence-electron chi connectivity index (χ0n) is 13.4. The quantitative estimate of drug-likeness (QED) is 0.448. The fourth-order valence-corrected chi connectivity index (χ4v) is 2.95. The van der Waals surface area contributed by atoms with E-state index in [0.717, 1.165) is 27.7 Å². The maximum Gasteiger partial charge on any atom is 0.161 e. The van der Waals surface area contributed by atoms with Gasteiger partial charge in [-0.3, -0.25) is 0 Å². The highest BCUT2D eigenvalue weighted by molar-refractivity contribution is 6.33. The van der Waals surface area contributed by atoms with Crippen LogP contribution in [-0.2, 0) is 0 Å². The molecule has 0 saturated heterocycles. The Kier molecular flexibility index (Phi) is 4.28. The summed E-state index contributed by atoms with van der Waals surface area (Å²) in [5.41, 5.74) is 3.75. The van der Waals surface area contributed by atoms with E-state index >= 15 is 0 Å². The molecule has 1 aromatic heterocycles. The number of hydrogen-bond acceptors (Lipinski definition) is 2. The lowest BCUT2D eigenvalue weighted by molar-refractivity contribution is 1.21. The second-order valence-corrected chi connectivity index (χ2v) is 6.08. The van der Waals surface area contributed by atoms with Crippen molar-refractivity contribution in [2.45, 2.75) is 0 Å². The number of benzene rings is 3. The molecule has 0 spiro atoms. The molecule has 0 aliphatic heterocycles. The van der Waals surface area contributed by atoms with Gasteiger partial charge < -0.3 is 0 Å². The van der Waals surface area contributed by atoms with Gasteiger partial charge in [-0.15, -0.1) is 0 Å². The van der Waals surface area contributed by atoms with Crippen molar-refractivity contribution in [3.8, 4) is 11.4 Å². The molecule has 0 fully saturated rings. The fourth-order valence-electron chi connectivity index (χ4n) is 2.73. The van der Waals surface area contributed by atoms with Gasteiger partial charge in [-0.2, -0.15) is 0 Å². The summed E-state index contributed by atoms with van der Waals surface area (Å²) in [6.45, 7) is 0. The molecular weight excluding hydrogens is 328 g/mol. The van der Waals surface area contributed by atoms with E-state index in [1.54, 1.807) is 0 Å². The molecule has 2 nitrogen and oxygen atoms in total. The van der Waals surface area contributed by atoms with Crippen LogP contribution in [0.25, 0.3) is 34.4 Å². The number of aromatic nitrogens is 2. The first kappa shape index (κ1) is 15.6. The summed E-state index contributed by atoms with van der Waals surface area (Å²) in [6, 6.07) is 25.8. The maximum absolute atomic E-state index is 6.34. The van der Waals surface area contributed by atoms with Gasteiger partial charge in [-0.25, -0.2) is 9.97 Å². The van der Waals surface area contributed by atoms with Crippen molar-refractivity contribution in [3.63, 3.8) is 0 Å². The molecule has 25 heavy (non-hydrogen) atoms. The van der Waals surface area contributed by atoms with E-state index in [0.29, 0.717) is 10.8 Å². The van der Waals surface area contributed by atoms with Crippen molar-refractivity contribution in [1.82, 2.24) is 9.97 Å². The number of nitrogens with zero attached hydrogens (tertiary/aromatic N) is 2. The van der Waals surface area contributed by atoms with Gasteiger partial charge in [0.1, 0.15) is 0 Å². The summed E-state index contributed by atoms with van der Waals surface area (Å²) in [5.74, 6) is 0.636. The molecule has 0 amide bonds. The van der Waals surface area contributed by atoms with Crippen molar-refractivity contribution >= 4 is 34.7 Å². The van der Waals surface area contributed by atoms with Crippen LogP contribution in [0.15, 0.2) is 78.9 Å². The Balaban J connectivity index is 1.88. The molecule has 0 bridgehead atoms. The summed E-state index contributed by atoms with van der Waals surface area (Å²) >= 11 is 6.34. The normalized spacial score (nSPS) is 11.2. The highest BCUT2D eigenvalue weighted by Crippen LogP contribution is 2.28. The molecule has 4 aromatic rings. The highest BCUT2D eigenvalue weighted by Gasteiger charge is 2.10. The van der Waals surface area contributed by atoms with Crippen LogP contribution < -0.4 is 0 Å². The Morgan fingerprint density at radius 2 is 1.40 bits per heavy atom. The van der Waals surface area contributed by atoms with Crippen LogP contribution in [0.1, 0.15) is 11.3 Å². The molecule has 1 heterocycles. The summed E-state index contributed by atoms with van der Waals surface area (Å²) < 4.78 is 0. The van der Waals surface area contributed by atoms with Crippen molar-refractivity contribution < 1.29 is 0 Å². The third-order valence-electron chi connectivity index (χ3n) is 3.98. The molecule has 0 aliphatic carbocycles. The van der Waals surface area contributed by atoms with Gasteiger partial charge >= 0.3 is 0 Å². The van der Waals surface area contributed by atoms with Crippen molar-refractivity contribution in [3.05, 3.63) is 95.1 Å². The minimum atomic E-state index is 0.636. The first-order valence-corrected chi connectivity index (χ1v) is 8.44. The summed E-state index contributed by atoms with van der Waals surface area (Å²) in [6.07, 6.45) is 4.09. The van der Waals surface area contributed by atoms with Gasteiger partial charge in [0.15, 0.2) is 5.82 Å². The highest BCUT2D eigenvalue weighted by atomic mass is 35.5. The lowest BCUT2D eigenvalue weighted by atomic mass is 10.1. The monoisotopic (exact) mass is 342 g/mol. The van der Waals surface area contributed by atoms with Crippen LogP contribution in [-0.4, -0.2) is 9.97 Å². The molecule has 3 heteroatoms. The van der Waals surface area contributed by atoms with Crippen LogP contribution in [0.4, 0.5) is 0 Å². The van der Waals surface area contributed by atoms with E-state index in [9.17, 15) is 0 Å². The second-order valence-electron chi connectivity index (χ2n) is 5.67. The van der Waals surface area contributed by atoms with Crippen LogP contribution in [0.3, 0.4) is 0 Å². The van der Waals surface area contributed by atoms with E-state index in [2.05, 4.69) is 18.2 Å². The Morgan fingerprint density at radius 3 is 2.24 bits per heavy atom. The standard InChI is InChI=1S/C22H15ClN2/c23-19-12-6-4-10-17(19)22-24-20-13-7-5-11-18(20)21(25-22)15-14-16-8-2-1-3-9-16/h1-15H/b15-14+. The number of rotatable bonds is 3. The van der Waals surface area contributed by atoms with E-state index in [1.807, 2.05) is 72.8 Å². The zero-order chi connectivity index (χ0) is 17.1. The third kappa shape index (κ3) is 3.30. The van der Waals surface area contributed by atoms with Gasteiger partial charge in [-0.1, -0.05) is 78.3 Å². The Bertz CT molecular complexity index is 1060.